The van der Waals surface area contributed by atoms with Crippen LogP contribution in [-0.2, 0) is 32.1 Å². The van der Waals surface area contributed by atoms with Crippen molar-refractivity contribution >= 4 is 29.1 Å². The average Bonchev–Trinajstić information content (AvgIpc) is 2.97. The van der Waals surface area contributed by atoms with Gasteiger partial charge in [-0.3, -0.25) is 24.1 Å². The molecule has 1 fully saturated rings. The van der Waals surface area contributed by atoms with Gasteiger partial charge >= 0.3 is 12.1 Å². The number of hydrogen-bond acceptors (Lipinski definition) is 10. The Morgan fingerprint density at radius 2 is 1.81 bits per heavy atom. The molecule has 1 unspecified atom stereocenters. The maximum atomic E-state index is 14.0. The van der Waals surface area contributed by atoms with Gasteiger partial charge in [0.15, 0.2) is 11.4 Å². The van der Waals surface area contributed by atoms with Gasteiger partial charge in [0.1, 0.15) is 28.6 Å². The van der Waals surface area contributed by atoms with Gasteiger partial charge in [-0.25, -0.2) is 0 Å². The van der Waals surface area contributed by atoms with Crippen molar-refractivity contribution in [3.05, 3.63) is 63.9 Å². The van der Waals surface area contributed by atoms with E-state index in [4.69, 9.17) is 10.5 Å². The number of nitrogens with two attached hydrogens (primary N) is 1. The van der Waals surface area contributed by atoms with E-state index in [1.54, 1.807) is 13.0 Å². The maximum Gasteiger partial charge on any atom is 0.471 e. The minimum absolute atomic E-state index is 0.00831. The van der Waals surface area contributed by atoms with E-state index in [2.05, 4.69) is 0 Å². The predicted molar refractivity (Wildman–Crippen MR) is 159 cm³/mol. The van der Waals surface area contributed by atoms with Crippen LogP contribution < -0.4 is 15.8 Å². The van der Waals surface area contributed by atoms with Crippen molar-refractivity contribution in [3.8, 4) is 22.6 Å². The first kappa shape index (κ1) is 33.5. The monoisotopic (exact) mass is 659 g/mol. The first-order valence-electron chi connectivity index (χ1n) is 14.6. The van der Waals surface area contributed by atoms with E-state index >= 15 is 0 Å². The van der Waals surface area contributed by atoms with Crippen molar-refractivity contribution in [3.63, 3.8) is 0 Å². The Labute approximate surface area is 265 Å². The van der Waals surface area contributed by atoms with Gasteiger partial charge in [-0.15, -0.1) is 0 Å². The molecule has 4 atom stereocenters. The number of benzene rings is 2. The number of amides is 2. The molecule has 3 aliphatic carbocycles. The molecule has 12 nitrogen and oxygen atoms in total. The molecule has 2 amide bonds. The summed E-state index contributed by atoms with van der Waals surface area (Å²) in [7, 11) is 2.98. The summed E-state index contributed by atoms with van der Waals surface area (Å²) in [6.45, 7) is 1.33. The standard InChI is InChI=1S/C32H32F3N3O9/c1-4-47-20-8-5-13(9-15(20)12-37-30(45)32(33,34)35)16-6-7-19(39)22-17(16)10-14-11-18-24(38(2)3)26(41)23(29(36)44)28(43)31(18,46)27(42)21(14)25(22)40/h5-9,14,18,24,39-40,43,46H,4,10-12H2,1-3H3,(H2,36,44)(H,37,45)/t14-,18-,24?,31-/m1/s1. The number of carbonyl (C=O) groups is 4. The van der Waals surface area contributed by atoms with Crippen LogP contribution in [0.5, 0.6) is 11.5 Å². The van der Waals surface area contributed by atoms with Crippen LogP contribution in [0, 0.1) is 11.8 Å². The number of primary amides is 1. The Balaban J connectivity index is 1.64. The number of ketones is 2. The molecule has 0 spiro atoms. The Bertz CT molecular complexity index is 1780. The number of ether oxygens (including phenoxy) is 1. The van der Waals surface area contributed by atoms with Crippen LogP contribution in [0.4, 0.5) is 13.2 Å². The fraction of sp³-hybridized carbons (Fsp3) is 0.375. The van der Waals surface area contributed by atoms with Gasteiger partial charge in [0.2, 0.25) is 5.78 Å². The number of nitrogens with zero attached hydrogens (tertiary/aromatic N) is 1. The third kappa shape index (κ3) is 5.28. The van der Waals surface area contributed by atoms with E-state index in [0.717, 1.165) is 0 Å². The summed E-state index contributed by atoms with van der Waals surface area (Å²) in [6.07, 6.45) is -5.24. The van der Waals surface area contributed by atoms with E-state index in [1.165, 1.54) is 43.3 Å². The zero-order valence-corrected chi connectivity index (χ0v) is 25.4. The lowest BCUT2D eigenvalue weighted by atomic mass is 9.57. The zero-order chi connectivity index (χ0) is 34.7. The number of phenols is 1. The average molecular weight is 660 g/mol. The molecule has 0 aromatic heterocycles. The normalized spacial score (nSPS) is 24.1. The Kier molecular flexibility index (Phi) is 8.35. The number of halogens is 3. The number of rotatable bonds is 7. The molecule has 2 aromatic carbocycles. The van der Waals surface area contributed by atoms with E-state index in [9.17, 15) is 52.8 Å². The molecule has 1 saturated carbocycles. The van der Waals surface area contributed by atoms with Crippen LogP contribution in [0.1, 0.15) is 30.0 Å². The summed E-state index contributed by atoms with van der Waals surface area (Å²) in [4.78, 5) is 52.4. The molecular formula is C32H32F3N3O9. The number of phenolic OH excluding ortho intramolecular Hbond substituents is 1. The second-order valence-corrected chi connectivity index (χ2v) is 11.9. The summed E-state index contributed by atoms with van der Waals surface area (Å²) in [5.41, 5.74) is 2.56. The molecule has 0 aliphatic heterocycles. The van der Waals surface area contributed by atoms with Crippen LogP contribution >= 0.6 is 0 Å². The number of hydrogen-bond donors (Lipinski definition) is 6. The van der Waals surface area contributed by atoms with Gasteiger partial charge in [0.05, 0.1) is 18.2 Å². The topological polar surface area (TPSA) is 200 Å². The van der Waals surface area contributed by atoms with E-state index < -0.39 is 82.4 Å². The van der Waals surface area contributed by atoms with Crippen molar-refractivity contribution < 1.29 is 57.5 Å². The van der Waals surface area contributed by atoms with Crippen molar-refractivity contribution in [2.75, 3.05) is 20.7 Å². The van der Waals surface area contributed by atoms with Crippen molar-refractivity contribution in [2.24, 2.45) is 17.6 Å². The van der Waals surface area contributed by atoms with Crippen molar-refractivity contribution in [1.82, 2.24) is 10.2 Å². The molecule has 3 aliphatic rings. The van der Waals surface area contributed by atoms with Gasteiger partial charge in [-0.05, 0) is 74.7 Å². The van der Waals surface area contributed by atoms with Gasteiger partial charge in [0, 0.05) is 23.6 Å². The van der Waals surface area contributed by atoms with E-state index in [1.807, 2.05) is 5.32 Å². The molecule has 250 valence electrons. The minimum Gasteiger partial charge on any atom is -0.508 e. The highest BCUT2D eigenvalue weighted by atomic mass is 19.4. The first-order chi connectivity index (χ1) is 21.9. The first-order valence-corrected chi connectivity index (χ1v) is 14.6. The third-order valence-corrected chi connectivity index (χ3v) is 8.97. The fourth-order valence-electron chi connectivity index (χ4n) is 6.97. The SMILES string of the molecule is CCOc1ccc(-c2ccc(O)c3c2C[C@@H]2C[C@@H]4C(N(C)C)C(=O)C(C(N)=O)=C(O)[C@]4(O)C(=O)C2=C3O)cc1CNC(=O)C(F)(F)F. The molecule has 0 bridgehead atoms. The number of alkyl halides is 3. The molecule has 47 heavy (non-hydrogen) atoms. The van der Waals surface area contributed by atoms with Crippen LogP contribution in [0.3, 0.4) is 0 Å². The number of aliphatic hydroxyl groups excluding tert-OH is 2. The predicted octanol–water partition coefficient (Wildman–Crippen LogP) is 2.21. The summed E-state index contributed by atoms with van der Waals surface area (Å²) in [5.74, 6) is -9.74. The third-order valence-electron chi connectivity index (χ3n) is 8.97. The maximum absolute atomic E-state index is 14.0. The number of Topliss-reactive ketones (excluding diaryl/α,β-unsaturated/α-hetero) is 2. The Morgan fingerprint density at radius 1 is 1.13 bits per heavy atom. The van der Waals surface area contributed by atoms with E-state index in [0.29, 0.717) is 16.7 Å². The van der Waals surface area contributed by atoms with E-state index in [-0.39, 0.29) is 41.9 Å². The molecule has 7 N–H and O–H groups in total. The number of carbonyl (C=O) groups excluding carboxylic acids is 4. The number of aliphatic hydroxyl groups is 3. The lowest BCUT2D eigenvalue weighted by Gasteiger charge is -2.50. The van der Waals surface area contributed by atoms with Gasteiger partial charge < -0.3 is 36.2 Å². The number of nitrogens with one attached hydrogen (secondary N) is 1. The Hall–Kier alpha value is -4.89. The van der Waals surface area contributed by atoms with Crippen LogP contribution in [0.15, 0.2) is 47.2 Å². The van der Waals surface area contributed by atoms with Crippen molar-refractivity contribution in [1.29, 1.82) is 0 Å². The summed E-state index contributed by atoms with van der Waals surface area (Å²) in [6, 6.07) is 6.09. The van der Waals surface area contributed by atoms with Crippen LogP contribution in [0.2, 0.25) is 0 Å². The van der Waals surface area contributed by atoms with Gasteiger partial charge in [0.25, 0.3) is 5.91 Å². The lowest BCUT2D eigenvalue weighted by Crippen LogP contribution is -2.65. The fourth-order valence-corrected chi connectivity index (χ4v) is 6.97. The molecule has 0 radical (unpaired) electrons. The second kappa shape index (κ2) is 11.7. The summed E-state index contributed by atoms with van der Waals surface area (Å²) in [5, 5.41) is 46.9. The molecule has 0 saturated heterocycles. The highest BCUT2D eigenvalue weighted by molar-refractivity contribution is 6.24. The molecule has 0 heterocycles. The van der Waals surface area contributed by atoms with Gasteiger partial charge in [-0.2, -0.15) is 13.2 Å². The quantitative estimate of drug-likeness (QED) is 0.240. The largest absolute Gasteiger partial charge is 0.508 e. The second-order valence-electron chi connectivity index (χ2n) is 11.9. The highest BCUT2D eigenvalue weighted by Gasteiger charge is 2.64. The minimum atomic E-state index is -5.10. The molecule has 5 rings (SSSR count). The van der Waals surface area contributed by atoms with Crippen molar-refractivity contribution in [2.45, 2.75) is 44.1 Å². The lowest BCUT2D eigenvalue weighted by molar-refractivity contribution is -0.173. The zero-order valence-electron chi connectivity index (χ0n) is 25.4. The van der Waals surface area contributed by atoms with Gasteiger partial charge in [-0.1, -0.05) is 12.1 Å². The number of fused-ring (bicyclic) bond motifs is 3. The molecule has 15 heteroatoms. The number of likely N-dealkylation sites (N-methyl/N-ethyl adjacent to an activating group) is 1. The Morgan fingerprint density at radius 3 is 2.40 bits per heavy atom. The summed E-state index contributed by atoms with van der Waals surface area (Å²) < 4.78 is 44.2. The summed E-state index contributed by atoms with van der Waals surface area (Å²) >= 11 is 0. The van der Waals surface area contributed by atoms with Crippen LogP contribution in [0.25, 0.3) is 16.9 Å². The highest BCUT2D eigenvalue weighted by Crippen LogP contribution is 2.53. The number of aromatic hydroxyl groups is 1. The molecule has 2 aromatic rings. The smallest absolute Gasteiger partial charge is 0.471 e. The van der Waals surface area contributed by atoms with Crippen LogP contribution in [-0.4, -0.2) is 87.2 Å². The molecular weight excluding hydrogens is 627 g/mol.